The lowest BCUT2D eigenvalue weighted by atomic mass is 9.31. The van der Waals surface area contributed by atoms with Gasteiger partial charge in [-0.2, -0.15) is 0 Å². The summed E-state index contributed by atoms with van der Waals surface area (Å²) in [4.78, 5) is 13.0. The Morgan fingerprint density at radius 1 is 0.882 bits per heavy atom. The molecule has 0 spiro atoms. The van der Waals surface area contributed by atoms with E-state index in [2.05, 4.69) is 55.0 Å². The summed E-state index contributed by atoms with van der Waals surface area (Å²) in [6, 6.07) is 0. The molecule has 192 valence electrons. The first-order valence-electron chi connectivity index (χ1n) is 14.2. The summed E-state index contributed by atoms with van der Waals surface area (Å²) >= 11 is 0. The first-order chi connectivity index (χ1) is 15.7. The molecule has 5 fully saturated rings. The second-order valence-corrected chi connectivity index (χ2v) is 15.0. The molecule has 3 heteroatoms. The van der Waals surface area contributed by atoms with E-state index < -0.39 is 11.4 Å². The van der Waals surface area contributed by atoms with Crippen molar-refractivity contribution in [2.45, 2.75) is 112 Å². The van der Waals surface area contributed by atoms with Crippen molar-refractivity contribution in [2.75, 3.05) is 0 Å². The highest BCUT2D eigenvalue weighted by molar-refractivity contribution is 5.76. The zero-order valence-electron chi connectivity index (χ0n) is 22.9. The number of carbonyl (C=O) groups is 1. The third-order valence-electron chi connectivity index (χ3n) is 13.9. The molecule has 11 atom stereocenters. The molecule has 0 aliphatic heterocycles. The zero-order valence-corrected chi connectivity index (χ0v) is 22.9. The number of aliphatic hydroxyl groups is 1. The molecule has 2 N–H and O–H groups in total. The van der Waals surface area contributed by atoms with Gasteiger partial charge in [-0.05, 0) is 122 Å². The Hall–Kier alpha value is -0.830. The summed E-state index contributed by atoms with van der Waals surface area (Å²) in [6.07, 6.45) is 9.53. The van der Waals surface area contributed by atoms with E-state index in [0.717, 1.165) is 38.5 Å². The molecule has 0 saturated heterocycles. The number of fused-ring (bicyclic) bond motifs is 7. The van der Waals surface area contributed by atoms with E-state index in [1.165, 1.54) is 24.8 Å². The number of hydrogen-bond acceptors (Lipinski definition) is 2. The summed E-state index contributed by atoms with van der Waals surface area (Å²) in [7, 11) is 0. The van der Waals surface area contributed by atoms with Gasteiger partial charge in [-0.25, -0.2) is 0 Å². The monoisotopic (exact) mass is 470 g/mol. The summed E-state index contributed by atoms with van der Waals surface area (Å²) < 4.78 is 0. The lowest BCUT2D eigenvalue weighted by Gasteiger charge is -2.73. The van der Waals surface area contributed by atoms with Crippen LogP contribution < -0.4 is 0 Å². The van der Waals surface area contributed by atoms with Gasteiger partial charge in [-0.15, -0.1) is 0 Å². The summed E-state index contributed by atoms with van der Waals surface area (Å²) in [6.45, 7) is 21.2. The van der Waals surface area contributed by atoms with Crippen LogP contribution in [0, 0.1) is 62.6 Å². The van der Waals surface area contributed by atoms with Crippen LogP contribution in [0.15, 0.2) is 12.2 Å². The van der Waals surface area contributed by atoms with Crippen molar-refractivity contribution in [3.8, 4) is 0 Å². The van der Waals surface area contributed by atoms with Crippen LogP contribution in [0.1, 0.15) is 106 Å². The van der Waals surface area contributed by atoms with E-state index in [1.54, 1.807) is 0 Å². The van der Waals surface area contributed by atoms with Crippen LogP contribution in [0.3, 0.4) is 0 Å². The topological polar surface area (TPSA) is 57.5 Å². The van der Waals surface area contributed by atoms with Crippen LogP contribution in [-0.4, -0.2) is 22.3 Å². The van der Waals surface area contributed by atoms with Crippen molar-refractivity contribution in [3.05, 3.63) is 12.2 Å². The number of carboxylic acid groups (broad SMARTS) is 1. The van der Waals surface area contributed by atoms with E-state index in [9.17, 15) is 15.0 Å². The molecule has 5 rings (SSSR count). The van der Waals surface area contributed by atoms with E-state index in [-0.39, 0.29) is 39.6 Å². The predicted octanol–water partition coefficient (Wildman–Crippen LogP) is 7.34. The van der Waals surface area contributed by atoms with E-state index in [4.69, 9.17) is 0 Å². The third-order valence-corrected chi connectivity index (χ3v) is 13.9. The van der Waals surface area contributed by atoms with E-state index >= 15 is 0 Å². The number of rotatable bonds is 2. The molecule has 0 aromatic rings. The Morgan fingerprint density at radius 3 is 2.18 bits per heavy atom. The van der Waals surface area contributed by atoms with Gasteiger partial charge in [0, 0.05) is 0 Å². The van der Waals surface area contributed by atoms with Crippen molar-refractivity contribution in [1.82, 2.24) is 0 Å². The lowest BCUT2D eigenvalue weighted by molar-refractivity contribution is -0.255. The molecule has 0 heterocycles. The maximum absolute atomic E-state index is 13.0. The van der Waals surface area contributed by atoms with Crippen LogP contribution in [0.4, 0.5) is 0 Å². The minimum absolute atomic E-state index is 0.0269. The van der Waals surface area contributed by atoms with Crippen LogP contribution >= 0.6 is 0 Å². The molecule has 1 unspecified atom stereocenters. The Labute approximate surface area is 208 Å². The van der Waals surface area contributed by atoms with Crippen molar-refractivity contribution >= 4 is 5.97 Å². The van der Waals surface area contributed by atoms with Gasteiger partial charge in [0.15, 0.2) is 0 Å². The quantitative estimate of drug-likeness (QED) is 0.415. The maximum atomic E-state index is 13.0. The molecular weight excluding hydrogens is 420 g/mol. The van der Waals surface area contributed by atoms with Crippen LogP contribution in [0.5, 0.6) is 0 Å². The fourth-order valence-electron chi connectivity index (χ4n) is 12.1. The molecule has 5 aliphatic carbocycles. The minimum atomic E-state index is -0.574. The highest BCUT2D eigenvalue weighted by Gasteiger charge is 2.73. The van der Waals surface area contributed by atoms with Gasteiger partial charge in [0.1, 0.15) is 0 Å². The number of aliphatic hydroxyl groups excluding tert-OH is 1. The second-order valence-electron chi connectivity index (χ2n) is 15.0. The van der Waals surface area contributed by atoms with E-state index in [1.807, 2.05) is 0 Å². The third kappa shape index (κ3) is 2.72. The average molecular weight is 471 g/mol. The van der Waals surface area contributed by atoms with Crippen LogP contribution in [0.2, 0.25) is 0 Å². The first-order valence-corrected chi connectivity index (χ1v) is 14.2. The molecule has 5 aliphatic rings. The van der Waals surface area contributed by atoms with Crippen molar-refractivity contribution < 1.29 is 15.0 Å². The highest BCUT2D eigenvalue weighted by Crippen LogP contribution is 2.78. The zero-order chi connectivity index (χ0) is 25.1. The molecule has 0 aromatic heterocycles. The Bertz CT molecular complexity index is 891. The van der Waals surface area contributed by atoms with Crippen molar-refractivity contribution in [1.29, 1.82) is 0 Å². The van der Waals surface area contributed by atoms with Gasteiger partial charge >= 0.3 is 5.97 Å². The van der Waals surface area contributed by atoms with Gasteiger partial charge in [0.2, 0.25) is 0 Å². The number of aliphatic carboxylic acids is 1. The van der Waals surface area contributed by atoms with Gasteiger partial charge < -0.3 is 10.2 Å². The standard InChI is InChI=1S/C31H50O3/c1-18(2)20-11-16-31(26(33)34)19(3)17-30(8)21(25(20)31)9-10-23-28(6)14-13-24(32)27(4,5)22(28)12-15-29(23,30)7/h19-25,32H,1,9-17H2,2-8H3,(H,33,34)/t19?,20-,21+,22-,23+,24-,25+,28-,29+,30+,31-/m0/s1. The lowest BCUT2D eigenvalue weighted by Crippen LogP contribution is -2.68. The van der Waals surface area contributed by atoms with Gasteiger partial charge in [-0.3, -0.25) is 4.79 Å². The van der Waals surface area contributed by atoms with Gasteiger partial charge in [0.05, 0.1) is 11.5 Å². The summed E-state index contributed by atoms with van der Waals surface area (Å²) in [5, 5.41) is 21.6. The summed E-state index contributed by atoms with van der Waals surface area (Å²) in [5.41, 5.74) is 1.25. The first kappa shape index (κ1) is 24.8. The number of allylic oxidation sites excluding steroid dienone is 1. The van der Waals surface area contributed by atoms with Gasteiger partial charge in [0.25, 0.3) is 0 Å². The largest absolute Gasteiger partial charge is 0.481 e. The summed E-state index contributed by atoms with van der Waals surface area (Å²) in [5.74, 6) is 1.92. The van der Waals surface area contributed by atoms with Crippen molar-refractivity contribution in [3.63, 3.8) is 0 Å². The molecule has 3 nitrogen and oxygen atoms in total. The Morgan fingerprint density at radius 2 is 1.56 bits per heavy atom. The second kappa shape index (κ2) is 7.36. The van der Waals surface area contributed by atoms with Crippen molar-refractivity contribution in [2.24, 2.45) is 62.6 Å². The molecule has 34 heavy (non-hydrogen) atoms. The van der Waals surface area contributed by atoms with Crippen LogP contribution in [-0.2, 0) is 4.79 Å². The Balaban J connectivity index is 1.60. The maximum Gasteiger partial charge on any atom is 0.310 e. The molecule has 0 aromatic carbocycles. The minimum Gasteiger partial charge on any atom is -0.481 e. The van der Waals surface area contributed by atoms with E-state index in [0.29, 0.717) is 23.7 Å². The number of hydrogen-bond donors (Lipinski definition) is 2. The smallest absolute Gasteiger partial charge is 0.310 e. The van der Waals surface area contributed by atoms with Crippen LogP contribution in [0.25, 0.3) is 0 Å². The molecule has 0 radical (unpaired) electrons. The molecule has 5 saturated carbocycles. The molecule has 0 bridgehead atoms. The Kier molecular flexibility index (Phi) is 5.38. The molecular formula is C31H50O3. The normalized spacial score (nSPS) is 55.9. The number of carboxylic acids is 1. The fourth-order valence-corrected chi connectivity index (χ4v) is 12.1. The highest BCUT2D eigenvalue weighted by atomic mass is 16.4. The average Bonchev–Trinajstić information content (AvgIpc) is 3.14. The predicted molar refractivity (Wildman–Crippen MR) is 137 cm³/mol. The fraction of sp³-hybridized carbons (Fsp3) is 0.903. The SMILES string of the molecule is C=C(C)[C@@H]1CC[C@]2(C(=O)O)C(C)C[C@]3(C)[C@H](CC[C@@H]4[C@@]5(C)CC[C@H](O)C(C)(C)[C@@H]5CC[C@]43C)[C@@H]12. The molecule has 0 amide bonds. The van der Waals surface area contributed by atoms with Gasteiger partial charge in [-0.1, -0.05) is 53.7 Å².